The van der Waals surface area contributed by atoms with Gasteiger partial charge in [0, 0.05) is 17.2 Å². The number of benzene rings is 1. The van der Waals surface area contributed by atoms with Gasteiger partial charge >= 0.3 is 0 Å². The summed E-state index contributed by atoms with van der Waals surface area (Å²) in [5, 5.41) is 0. The van der Waals surface area contributed by atoms with Gasteiger partial charge in [-0.1, -0.05) is 60.6 Å². The summed E-state index contributed by atoms with van der Waals surface area (Å²) in [6.45, 7) is 18.7. The Bertz CT molecular complexity index is 870. The number of pyridine rings is 1. The Morgan fingerprint density at radius 1 is 1.03 bits per heavy atom. The summed E-state index contributed by atoms with van der Waals surface area (Å²) in [5.41, 5.74) is 9.32. The van der Waals surface area contributed by atoms with E-state index in [4.69, 9.17) is 0 Å². The van der Waals surface area contributed by atoms with Crippen molar-refractivity contribution < 1.29 is 4.57 Å². The predicted octanol–water partition coefficient (Wildman–Crippen LogP) is 7.59. The highest BCUT2D eigenvalue weighted by atomic mass is 14.9. The molecule has 1 aromatic carbocycles. The van der Waals surface area contributed by atoms with Crippen LogP contribution < -0.4 is 4.57 Å². The summed E-state index contributed by atoms with van der Waals surface area (Å²) in [6, 6.07) is 9.51. The lowest BCUT2D eigenvalue weighted by Crippen LogP contribution is -2.33. The second-order valence-electron chi connectivity index (χ2n) is 11.6. The Balaban J connectivity index is 2.03. The van der Waals surface area contributed by atoms with Crippen LogP contribution in [0.3, 0.4) is 0 Å². The molecule has 1 saturated carbocycles. The highest BCUT2D eigenvalue weighted by Crippen LogP contribution is 2.44. The molecular formula is C28H42N+. The standard InChI is InChI=1S/C28H42N/c1-19(2)24-17-26(23-11-10-22(16-20(23)3)27(4,5)6)29(9)18-25(24)21-12-14-28(7,8)15-13-21/h10-11,16-19,21H,12-15H2,1-9H3/q+1. The maximum Gasteiger partial charge on any atom is 0.212 e. The Morgan fingerprint density at radius 3 is 2.17 bits per heavy atom. The molecule has 1 fully saturated rings. The molecule has 0 N–H and O–H groups in total. The first-order chi connectivity index (χ1) is 13.4. The van der Waals surface area contributed by atoms with Crippen LogP contribution in [0.2, 0.25) is 0 Å². The van der Waals surface area contributed by atoms with E-state index in [2.05, 4.69) is 97.5 Å². The van der Waals surface area contributed by atoms with Gasteiger partial charge in [0.05, 0.1) is 0 Å². The number of aryl methyl sites for hydroxylation is 2. The number of nitrogens with zero attached hydrogens (tertiary/aromatic N) is 1. The normalized spacial score (nSPS) is 17.7. The predicted molar refractivity (Wildman–Crippen MR) is 126 cm³/mol. The van der Waals surface area contributed by atoms with Gasteiger partial charge in [0.15, 0.2) is 6.20 Å². The summed E-state index contributed by atoms with van der Waals surface area (Å²) in [5.74, 6) is 1.26. The highest BCUT2D eigenvalue weighted by Gasteiger charge is 2.31. The van der Waals surface area contributed by atoms with Crippen molar-refractivity contribution in [2.24, 2.45) is 12.5 Å². The minimum atomic E-state index is 0.188. The van der Waals surface area contributed by atoms with Crippen molar-refractivity contribution in [3.8, 4) is 11.3 Å². The average molecular weight is 393 g/mol. The SMILES string of the molecule is Cc1cc(C(C)(C)C)ccc1-c1cc(C(C)C)c(C2CCC(C)(C)CC2)c[n+]1C. The Morgan fingerprint density at radius 2 is 1.66 bits per heavy atom. The van der Waals surface area contributed by atoms with E-state index in [1.54, 1.807) is 11.1 Å². The van der Waals surface area contributed by atoms with Gasteiger partial charge in [-0.05, 0) is 78.0 Å². The molecule has 0 atom stereocenters. The van der Waals surface area contributed by atoms with Crippen LogP contribution in [-0.2, 0) is 12.5 Å². The van der Waals surface area contributed by atoms with E-state index in [0.717, 1.165) is 0 Å². The lowest BCUT2D eigenvalue weighted by atomic mass is 9.70. The minimum Gasteiger partial charge on any atom is -0.201 e. The summed E-state index contributed by atoms with van der Waals surface area (Å²) in [6.07, 6.45) is 7.78. The van der Waals surface area contributed by atoms with Crippen molar-refractivity contribution in [2.75, 3.05) is 0 Å². The van der Waals surface area contributed by atoms with Gasteiger partial charge in [-0.3, -0.25) is 0 Å². The van der Waals surface area contributed by atoms with Crippen LogP contribution in [0.15, 0.2) is 30.5 Å². The largest absolute Gasteiger partial charge is 0.212 e. The molecule has 0 radical (unpaired) electrons. The molecule has 1 heteroatoms. The number of aromatic nitrogens is 1. The molecule has 1 aliphatic rings. The zero-order chi connectivity index (χ0) is 21.6. The zero-order valence-corrected chi connectivity index (χ0v) is 20.3. The first kappa shape index (κ1) is 22.1. The van der Waals surface area contributed by atoms with Gasteiger partial charge in [-0.25, -0.2) is 4.57 Å². The van der Waals surface area contributed by atoms with Crippen molar-refractivity contribution in [3.05, 3.63) is 52.7 Å². The molecular weight excluding hydrogens is 350 g/mol. The van der Waals surface area contributed by atoms with Gasteiger partial charge in [0.1, 0.15) is 7.05 Å². The fourth-order valence-corrected chi connectivity index (χ4v) is 4.92. The van der Waals surface area contributed by atoms with Gasteiger partial charge in [-0.2, -0.15) is 0 Å². The lowest BCUT2D eigenvalue weighted by molar-refractivity contribution is -0.661. The third kappa shape index (κ3) is 4.76. The summed E-state index contributed by atoms with van der Waals surface area (Å²) in [7, 11) is 2.23. The molecule has 1 aliphatic carbocycles. The molecule has 0 spiro atoms. The summed E-state index contributed by atoms with van der Waals surface area (Å²) in [4.78, 5) is 0. The average Bonchev–Trinajstić information content (AvgIpc) is 2.61. The van der Waals surface area contributed by atoms with E-state index in [0.29, 0.717) is 17.3 Å². The van der Waals surface area contributed by atoms with Gasteiger partial charge < -0.3 is 0 Å². The quantitative estimate of drug-likeness (QED) is 0.474. The van der Waals surface area contributed by atoms with Crippen LogP contribution >= 0.6 is 0 Å². The number of rotatable bonds is 3. The van der Waals surface area contributed by atoms with E-state index in [1.165, 1.54) is 48.1 Å². The van der Waals surface area contributed by atoms with Crippen LogP contribution in [0.4, 0.5) is 0 Å². The topological polar surface area (TPSA) is 3.88 Å². The molecule has 1 nitrogen and oxygen atoms in total. The maximum atomic E-state index is 2.48. The van der Waals surface area contributed by atoms with E-state index >= 15 is 0 Å². The van der Waals surface area contributed by atoms with Gasteiger partial charge in [-0.15, -0.1) is 0 Å². The molecule has 3 rings (SSSR count). The smallest absolute Gasteiger partial charge is 0.201 e. The van der Waals surface area contributed by atoms with Crippen LogP contribution in [0.25, 0.3) is 11.3 Å². The Hall–Kier alpha value is -1.63. The van der Waals surface area contributed by atoms with E-state index in [1.807, 2.05) is 0 Å². The molecule has 0 unspecified atom stereocenters. The molecule has 1 heterocycles. The van der Waals surface area contributed by atoms with E-state index < -0.39 is 0 Å². The third-order valence-corrected chi connectivity index (χ3v) is 7.11. The first-order valence-electron chi connectivity index (χ1n) is 11.5. The van der Waals surface area contributed by atoms with Crippen molar-refractivity contribution in [2.45, 2.75) is 98.3 Å². The summed E-state index contributed by atoms with van der Waals surface area (Å²) < 4.78 is 2.38. The van der Waals surface area contributed by atoms with Crippen LogP contribution in [-0.4, -0.2) is 0 Å². The molecule has 0 saturated heterocycles. The molecule has 158 valence electrons. The molecule has 0 aliphatic heterocycles. The third-order valence-electron chi connectivity index (χ3n) is 7.11. The second kappa shape index (κ2) is 7.89. The van der Waals surface area contributed by atoms with Crippen molar-refractivity contribution >= 4 is 0 Å². The molecule has 1 aromatic heterocycles. The van der Waals surface area contributed by atoms with Crippen molar-refractivity contribution in [1.29, 1.82) is 0 Å². The Kier molecular flexibility index (Phi) is 6.01. The Labute approximate surface area is 179 Å². The fraction of sp³-hybridized carbons (Fsp3) is 0.607. The molecule has 0 amide bonds. The number of hydrogen-bond donors (Lipinski definition) is 0. The first-order valence-corrected chi connectivity index (χ1v) is 11.5. The van der Waals surface area contributed by atoms with Crippen LogP contribution in [0.1, 0.15) is 108 Å². The number of hydrogen-bond acceptors (Lipinski definition) is 0. The minimum absolute atomic E-state index is 0.188. The van der Waals surface area contributed by atoms with E-state index in [9.17, 15) is 0 Å². The van der Waals surface area contributed by atoms with Crippen molar-refractivity contribution in [1.82, 2.24) is 0 Å². The van der Waals surface area contributed by atoms with Gasteiger partial charge in [0.25, 0.3) is 0 Å². The van der Waals surface area contributed by atoms with Crippen LogP contribution in [0.5, 0.6) is 0 Å². The molecule has 2 aromatic rings. The summed E-state index contributed by atoms with van der Waals surface area (Å²) >= 11 is 0. The van der Waals surface area contributed by atoms with E-state index in [-0.39, 0.29) is 5.41 Å². The fourth-order valence-electron chi connectivity index (χ4n) is 4.92. The lowest BCUT2D eigenvalue weighted by Gasteiger charge is -2.35. The van der Waals surface area contributed by atoms with Crippen molar-refractivity contribution in [3.63, 3.8) is 0 Å². The monoisotopic (exact) mass is 392 g/mol. The molecule has 0 bridgehead atoms. The zero-order valence-electron chi connectivity index (χ0n) is 20.3. The second-order valence-corrected chi connectivity index (χ2v) is 11.6. The molecule has 29 heavy (non-hydrogen) atoms. The highest BCUT2D eigenvalue weighted by molar-refractivity contribution is 5.63. The van der Waals surface area contributed by atoms with Gasteiger partial charge in [0.2, 0.25) is 5.69 Å². The maximum absolute atomic E-state index is 2.48. The van der Waals surface area contributed by atoms with Crippen LogP contribution in [0, 0.1) is 12.3 Å².